The van der Waals surface area contributed by atoms with Crippen LogP contribution in [-0.2, 0) is 21.7 Å². The van der Waals surface area contributed by atoms with Gasteiger partial charge in [-0.1, -0.05) is 40.2 Å². The van der Waals surface area contributed by atoms with Gasteiger partial charge in [-0.05, 0) is 18.1 Å². The summed E-state index contributed by atoms with van der Waals surface area (Å²) in [5, 5.41) is 0.888. The zero-order valence-corrected chi connectivity index (χ0v) is 9.21. The van der Waals surface area contributed by atoms with Gasteiger partial charge in [0.15, 0.2) is 0 Å². The van der Waals surface area contributed by atoms with Crippen LogP contribution in [0.3, 0.4) is 0 Å². The molecule has 0 saturated carbocycles. The number of benzene rings is 1. The van der Waals surface area contributed by atoms with E-state index in [-0.39, 0.29) is 0 Å². The number of halogens is 1. The maximum atomic E-state index is 4.93. The summed E-state index contributed by atoms with van der Waals surface area (Å²) in [6, 6.07) is 8.21. The molecule has 13 heavy (non-hydrogen) atoms. The largest absolute Gasteiger partial charge is 0.237 e. The van der Waals surface area contributed by atoms with E-state index in [9.17, 15) is 0 Å². The van der Waals surface area contributed by atoms with Crippen molar-refractivity contribution in [3.05, 3.63) is 35.4 Å². The summed E-state index contributed by atoms with van der Waals surface area (Å²) in [6.45, 7) is 2.99. The van der Waals surface area contributed by atoms with Crippen LogP contribution < -0.4 is 0 Å². The molecule has 0 spiro atoms. The number of hydrogen-bond acceptors (Lipinski definition) is 2. The molecule has 1 aromatic rings. The van der Waals surface area contributed by atoms with Crippen molar-refractivity contribution in [3.63, 3.8) is 0 Å². The van der Waals surface area contributed by atoms with Crippen molar-refractivity contribution < 1.29 is 9.78 Å². The Hall–Kier alpha value is -0.380. The van der Waals surface area contributed by atoms with E-state index >= 15 is 0 Å². The minimum Gasteiger partial charge on any atom is -0.237 e. The predicted molar refractivity (Wildman–Crippen MR) is 55.5 cm³/mol. The van der Waals surface area contributed by atoms with Gasteiger partial charge in [0.25, 0.3) is 0 Å². The maximum Gasteiger partial charge on any atom is 0.107 e. The Kier molecular flexibility index (Phi) is 5.05. The molecule has 2 nitrogen and oxygen atoms in total. The molecule has 0 aliphatic rings. The van der Waals surface area contributed by atoms with Gasteiger partial charge in [-0.2, -0.15) is 0 Å². The van der Waals surface area contributed by atoms with Crippen molar-refractivity contribution in [1.82, 2.24) is 0 Å². The Morgan fingerprint density at radius 2 is 1.69 bits per heavy atom. The van der Waals surface area contributed by atoms with Crippen LogP contribution in [0.2, 0.25) is 0 Å². The molecule has 0 fully saturated rings. The van der Waals surface area contributed by atoms with Crippen LogP contribution in [0.25, 0.3) is 0 Å². The lowest BCUT2D eigenvalue weighted by atomic mass is 10.2. The highest BCUT2D eigenvalue weighted by molar-refractivity contribution is 9.08. The molecule has 72 valence electrons. The second-order valence-electron chi connectivity index (χ2n) is 2.62. The normalized spacial score (nSPS) is 10.3. The van der Waals surface area contributed by atoms with Crippen molar-refractivity contribution in [3.8, 4) is 0 Å². The van der Waals surface area contributed by atoms with Gasteiger partial charge in [-0.3, -0.25) is 0 Å². The summed E-state index contributed by atoms with van der Waals surface area (Å²) < 4.78 is 0. The van der Waals surface area contributed by atoms with E-state index in [1.165, 1.54) is 5.56 Å². The summed E-state index contributed by atoms with van der Waals surface area (Å²) in [4.78, 5) is 9.72. The molecule has 1 rings (SSSR count). The van der Waals surface area contributed by atoms with Crippen LogP contribution in [-0.4, -0.2) is 6.61 Å². The van der Waals surface area contributed by atoms with E-state index in [2.05, 4.69) is 28.1 Å². The van der Waals surface area contributed by atoms with Crippen LogP contribution in [0.15, 0.2) is 24.3 Å². The summed E-state index contributed by atoms with van der Waals surface area (Å²) >= 11 is 3.39. The van der Waals surface area contributed by atoms with E-state index in [0.717, 1.165) is 10.9 Å². The standard InChI is InChI=1S/C10H13BrO2/c1-2-12-13-8-10-5-3-9(7-11)4-6-10/h3-6H,2,7-8H2,1H3. The Morgan fingerprint density at radius 3 is 2.23 bits per heavy atom. The molecule has 0 heterocycles. The van der Waals surface area contributed by atoms with Gasteiger partial charge in [-0.15, -0.1) is 0 Å². The molecule has 0 saturated heterocycles. The van der Waals surface area contributed by atoms with E-state index in [1.807, 2.05) is 19.1 Å². The molecule has 0 unspecified atom stereocenters. The van der Waals surface area contributed by atoms with Gasteiger partial charge >= 0.3 is 0 Å². The SMILES string of the molecule is CCOOCc1ccc(CBr)cc1. The van der Waals surface area contributed by atoms with Gasteiger partial charge in [0.2, 0.25) is 0 Å². The van der Waals surface area contributed by atoms with Crippen LogP contribution in [0, 0.1) is 0 Å². The van der Waals surface area contributed by atoms with Gasteiger partial charge in [0.05, 0.1) is 6.61 Å². The van der Waals surface area contributed by atoms with E-state index < -0.39 is 0 Å². The molecule has 0 N–H and O–H groups in total. The molecule has 3 heteroatoms. The Balaban J connectivity index is 2.40. The van der Waals surface area contributed by atoms with Crippen molar-refractivity contribution in [2.75, 3.05) is 6.61 Å². The van der Waals surface area contributed by atoms with Crippen LogP contribution >= 0.6 is 15.9 Å². The zero-order chi connectivity index (χ0) is 9.52. The molecule has 0 radical (unpaired) electrons. The number of hydrogen-bond donors (Lipinski definition) is 0. The van der Waals surface area contributed by atoms with Crippen LogP contribution in [0.1, 0.15) is 18.1 Å². The molecule has 0 aliphatic heterocycles. The van der Waals surface area contributed by atoms with Gasteiger partial charge in [0, 0.05) is 5.33 Å². The Bertz CT molecular complexity index is 233. The Morgan fingerprint density at radius 1 is 1.08 bits per heavy atom. The van der Waals surface area contributed by atoms with Gasteiger partial charge < -0.3 is 0 Å². The molecule has 0 bridgehead atoms. The first kappa shape index (κ1) is 10.7. The highest BCUT2D eigenvalue weighted by atomic mass is 79.9. The highest BCUT2D eigenvalue weighted by Gasteiger charge is 1.93. The molecule has 0 atom stereocenters. The second kappa shape index (κ2) is 6.13. The Labute approximate surface area is 86.9 Å². The summed E-state index contributed by atoms with van der Waals surface area (Å²) in [7, 11) is 0. The second-order valence-corrected chi connectivity index (χ2v) is 3.18. The zero-order valence-electron chi connectivity index (χ0n) is 7.63. The highest BCUT2D eigenvalue weighted by Crippen LogP contribution is 2.08. The molecule has 0 amide bonds. The predicted octanol–water partition coefficient (Wildman–Crippen LogP) is 3.05. The first-order chi connectivity index (χ1) is 6.36. The van der Waals surface area contributed by atoms with Crippen molar-refractivity contribution in [1.29, 1.82) is 0 Å². The number of alkyl halides is 1. The minimum atomic E-state index is 0.510. The quantitative estimate of drug-likeness (QED) is 0.343. The lowest BCUT2D eigenvalue weighted by Crippen LogP contribution is -1.94. The van der Waals surface area contributed by atoms with Gasteiger partial charge in [-0.25, -0.2) is 9.78 Å². The van der Waals surface area contributed by atoms with Crippen LogP contribution in [0.5, 0.6) is 0 Å². The van der Waals surface area contributed by atoms with E-state index in [1.54, 1.807) is 0 Å². The lowest BCUT2D eigenvalue weighted by Gasteiger charge is -2.02. The fourth-order valence-electron chi connectivity index (χ4n) is 0.918. The first-order valence-corrected chi connectivity index (χ1v) is 5.37. The van der Waals surface area contributed by atoms with Crippen molar-refractivity contribution in [2.24, 2.45) is 0 Å². The van der Waals surface area contributed by atoms with E-state index in [0.29, 0.717) is 13.2 Å². The van der Waals surface area contributed by atoms with Gasteiger partial charge in [0.1, 0.15) is 6.61 Å². The summed E-state index contributed by atoms with van der Waals surface area (Å²) in [5.74, 6) is 0. The molecule has 0 aliphatic carbocycles. The molecule has 1 aromatic carbocycles. The smallest absolute Gasteiger partial charge is 0.107 e. The molecule has 0 aromatic heterocycles. The molecular weight excluding hydrogens is 232 g/mol. The summed E-state index contributed by atoms with van der Waals surface area (Å²) in [5.41, 5.74) is 2.39. The first-order valence-electron chi connectivity index (χ1n) is 4.25. The lowest BCUT2D eigenvalue weighted by molar-refractivity contribution is -0.300. The van der Waals surface area contributed by atoms with Crippen LogP contribution in [0.4, 0.5) is 0 Å². The fourth-order valence-corrected chi connectivity index (χ4v) is 1.29. The topological polar surface area (TPSA) is 18.5 Å². The number of rotatable bonds is 5. The third-order valence-electron chi connectivity index (χ3n) is 1.60. The van der Waals surface area contributed by atoms with E-state index in [4.69, 9.17) is 9.78 Å². The maximum absolute atomic E-state index is 4.93. The van der Waals surface area contributed by atoms with Crippen molar-refractivity contribution >= 4 is 15.9 Å². The molecular formula is C10H13BrO2. The third kappa shape index (κ3) is 3.89. The third-order valence-corrected chi connectivity index (χ3v) is 2.25. The minimum absolute atomic E-state index is 0.510. The van der Waals surface area contributed by atoms with Crippen molar-refractivity contribution in [2.45, 2.75) is 18.9 Å². The monoisotopic (exact) mass is 244 g/mol. The average molecular weight is 245 g/mol. The average Bonchev–Trinajstić information content (AvgIpc) is 2.19. The summed E-state index contributed by atoms with van der Waals surface area (Å²) in [6.07, 6.45) is 0. The fraction of sp³-hybridized carbons (Fsp3) is 0.400.